The van der Waals surface area contributed by atoms with E-state index in [1.54, 1.807) is 6.07 Å². The average Bonchev–Trinajstić information content (AvgIpc) is 3.38. The third kappa shape index (κ3) is 3.13. The van der Waals surface area contributed by atoms with Crippen LogP contribution in [0.25, 0.3) is 0 Å². The fourth-order valence-corrected chi connectivity index (χ4v) is 6.53. The van der Waals surface area contributed by atoms with E-state index in [9.17, 15) is 9.90 Å². The summed E-state index contributed by atoms with van der Waals surface area (Å²) in [4.78, 5) is 20.5. The summed E-state index contributed by atoms with van der Waals surface area (Å²) in [6.07, 6.45) is 7.51. The number of likely N-dealkylation sites (N-methyl/N-ethyl adjacent to an activating group) is 1. The van der Waals surface area contributed by atoms with Gasteiger partial charge in [0.15, 0.2) is 0 Å². The molecule has 0 unspecified atom stereocenters. The van der Waals surface area contributed by atoms with Gasteiger partial charge in [-0.3, -0.25) is 14.6 Å². The molecular weight excluding hydrogens is 350 g/mol. The highest BCUT2D eigenvalue weighted by atomic mass is 16.3. The van der Waals surface area contributed by atoms with Gasteiger partial charge < -0.3 is 10.0 Å². The lowest BCUT2D eigenvalue weighted by molar-refractivity contribution is -0.137. The van der Waals surface area contributed by atoms with E-state index in [-0.39, 0.29) is 0 Å². The molecule has 4 heterocycles. The average molecular weight is 384 g/mol. The summed E-state index contributed by atoms with van der Waals surface area (Å²) in [5.41, 5.74) is 1.18. The van der Waals surface area contributed by atoms with E-state index in [0.29, 0.717) is 48.2 Å². The maximum absolute atomic E-state index is 13.4. The number of fused-ring (bicyclic) bond motifs is 2. The van der Waals surface area contributed by atoms with Crippen LogP contribution in [0, 0.1) is 5.92 Å². The van der Waals surface area contributed by atoms with E-state index in [4.69, 9.17) is 0 Å². The number of likely N-dealkylation sites (tertiary alicyclic amines) is 1. The monoisotopic (exact) mass is 383 g/mol. The van der Waals surface area contributed by atoms with E-state index in [0.717, 1.165) is 19.6 Å². The number of hydrogen-bond acceptors (Lipinski definition) is 4. The number of rotatable bonds is 4. The lowest BCUT2D eigenvalue weighted by Gasteiger charge is -2.51. The van der Waals surface area contributed by atoms with Gasteiger partial charge in [-0.1, -0.05) is 25.0 Å². The lowest BCUT2D eigenvalue weighted by Crippen LogP contribution is -2.61. The summed E-state index contributed by atoms with van der Waals surface area (Å²) >= 11 is 0. The first-order valence-electron chi connectivity index (χ1n) is 11.1. The minimum Gasteiger partial charge on any atom is -0.508 e. The topological polar surface area (TPSA) is 47.0 Å². The molecule has 0 spiro atoms. The van der Waals surface area contributed by atoms with Gasteiger partial charge in [-0.05, 0) is 69.4 Å². The maximum Gasteiger partial charge on any atom is 0.237 e. The molecule has 0 aromatic heterocycles. The second-order valence-corrected chi connectivity index (χ2v) is 9.46. The molecule has 1 amide bonds. The standard InChI is InChI=1S/C23H33N3O2/c1-24(18-6-2-3-7-18)15-21(28)26-14-20(17-5-4-8-19(27)13-17)23-22(26)16-9-11-25(23)12-10-16/h4-5,8,13,16,18,20,22-23,27H,2-3,6-7,9-12,14-15H2,1H3/t20-,22+,23+/m1/s1. The molecule has 1 aromatic rings. The van der Waals surface area contributed by atoms with E-state index in [2.05, 4.69) is 27.8 Å². The number of phenols is 1. The zero-order valence-corrected chi connectivity index (χ0v) is 17.0. The highest BCUT2D eigenvalue weighted by molar-refractivity contribution is 5.79. The Bertz CT molecular complexity index is 724. The zero-order chi connectivity index (χ0) is 19.3. The summed E-state index contributed by atoms with van der Waals surface area (Å²) in [6, 6.07) is 9.05. The van der Waals surface area contributed by atoms with Crippen LogP contribution < -0.4 is 0 Å². The SMILES string of the molecule is CN(CC(=O)N1C[C@H](c2cccc(O)c2)[C@H]2[C@@H]1C1CCN2CC1)C1CCCC1. The third-order valence-electron chi connectivity index (χ3n) is 7.95. The molecule has 152 valence electrons. The van der Waals surface area contributed by atoms with E-state index >= 15 is 0 Å². The number of carbonyl (C=O) groups is 1. The van der Waals surface area contributed by atoms with Crippen molar-refractivity contribution in [2.24, 2.45) is 5.92 Å². The van der Waals surface area contributed by atoms with Crippen LogP contribution in [0.1, 0.15) is 50.0 Å². The third-order valence-corrected chi connectivity index (χ3v) is 7.95. The zero-order valence-electron chi connectivity index (χ0n) is 17.0. The highest BCUT2D eigenvalue weighted by Crippen LogP contribution is 2.46. The number of piperidine rings is 3. The number of phenolic OH excluding ortho intramolecular Hbond substituents is 1. The van der Waals surface area contributed by atoms with Gasteiger partial charge in [-0.25, -0.2) is 0 Å². The summed E-state index contributed by atoms with van der Waals surface area (Å²) < 4.78 is 0. The van der Waals surface area contributed by atoms with Crippen LogP contribution in [0.4, 0.5) is 0 Å². The number of hydrogen-bond donors (Lipinski definition) is 1. The molecule has 5 heteroatoms. The Morgan fingerprint density at radius 3 is 2.61 bits per heavy atom. The molecule has 1 aromatic carbocycles. The summed E-state index contributed by atoms with van der Waals surface area (Å²) in [7, 11) is 2.13. The van der Waals surface area contributed by atoms with Crippen molar-refractivity contribution in [1.29, 1.82) is 0 Å². The molecule has 1 saturated carbocycles. The van der Waals surface area contributed by atoms with Gasteiger partial charge in [-0.2, -0.15) is 0 Å². The molecular formula is C23H33N3O2. The normalized spacial score (nSPS) is 34.9. The Morgan fingerprint density at radius 2 is 1.89 bits per heavy atom. The predicted molar refractivity (Wildman–Crippen MR) is 109 cm³/mol. The molecule has 0 radical (unpaired) electrons. The first-order chi connectivity index (χ1) is 13.6. The fraction of sp³-hybridized carbons (Fsp3) is 0.696. The first kappa shape index (κ1) is 18.4. The molecule has 5 nitrogen and oxygen atoms in total. The number of aromatic hydroxyl groups is 1. The molecule has 1 N–H and O–H groups in total. The number of carbonyl (C=O) groups excluding carboxylic acids is 1. The molecule has 4 saturated heterocycles. The predicted octanol–water partition coefficient (Wildman–Crippen LogP) is 2.66. The van der Waals surface area contributed by atoms with Crippen molar-refractivity contribution < 1.29 is 9.90 Å². The van der Waals surface area contributed by atoms with Crippen molar-refractivity contribution in [2.75, 3.05) is 33.2 Å². The first-order valence-corrected chi connectivity index (χ1v) is 11.1. The van der Waals surface area contributed by atoms with E-state index in [1.807, 2.05) is 12.1 Å². The van der Waals surface area contributed by atoms with Gasteiger partial charge in [0.2, 0.25) is 5.91 Å². The molecule has 5 aliphatic rings. The lowest BCUT2D eigenvalue weighted by atomic mass is 9.75. The van der Waals surface area contributed by atoms with Crippen LogP contribution in [0.3, 0.4) is 0 Å². The second kappa shape index (κ2) is 7.34. The van der Waals surface area contributed by atoms with Crippen LogP contribution in [-0.2, 0) is 4.79 Å². The van der Waals surface area contributed by atoms with Crippen molar-refractivity contribution in [3.05, 3.63) is 29.8 Å². The van der Waals surface area contributed by atoms with Crippen molar-refractivity contribution in [1.82, 2.24) is 14.7 Å². The molecule has 28 heavy (non-hydrogen) atoms. The second-order valence-electron chi connectivity index (χ2n) is 9.46. The smallest absolute Gasteiger partial charge is 0.237 e. The number of nitrogens with zero attached hydrogens (tertiary/aromatic N) is 3. The van der Waals surface area contributed by atoms with Gasteiger partial charge in [0.1, 0.15) is 5.75 Å². The van der Waals surface area contributed by atoms with Crippen LogP contribution >= 0.6 is 0 Å². The van der Waals surface area contributed by atoms with Crippen molar-refractivity contribution in [3.8, 4) is 5.75 Å². The maximum atomic E-state index is 13.4. The van der Waals surface area contributed by atoms with Gasteiger partial charge in [-0.15, -0.1) is 0 Å². The minimum absolute atomic E-state index is 0.306. The van der Waals surface area contributed by atoms with E-state index < -0.39 is 0 Å². The van der Waals surface area contributed by atoms with Crippen LogP contribution in [0.2, 0.25) is 0 Å². The Balaban J connectivity index is 1.39. The molecule has 3 atom stereocenters. The number of amides is 1. The molecule has 2 bridgehead atoms. The fourth-order valence-electron chi connectivity index (χ4n) is 6.53. The van der Waals surface area contributed by atoms with Crippen molar-refractivity contribution in [2.45, 2.75) is 62.6 Å². The van der Waals surface area contributed by atoms with Gasteiger partial charge in [0.05, 0.1) is 12.6 Å². The van der Waals surface area contributed by atoms with Crippen molar-refractivity contribution in [3.63, 3.8) is 0 Å². The van der Waals surface area contributed by atoms with Crippen molar-refractivity contribution >= 4 is 5.91 Å². The van der Waals surface area contributed by atoms with Gasteiger partial charge >= 0.3 is 0 Å². The summed E-state index contributed by atoms with van der Waals surface area (Å²) in [5, 5.41) is 10.0. The van der Waals surface area contributed by atoms with E-state index in [1.165, 1.54) is 44.1 Å². The highest BCUT2D eigenvalue weighted by Gasteiger charge is 2.54. The van der Waals surface area contributed by atoms with Crippen LogP contribution in [0.5, 0.6) is 5.75 Å². The largest absolute Gasteiger partial charge is 0.508 e. The molecule has 4 aliphatic heterocycles. The molecule has 5 fully saturated rings. The molecule has 1 aliphatic carbocycles. The Morgan fingerprint density at radius 1 is 1.14 bits per heavy atom. The summed E-state index contributed by atoms with van der Waals surface area (Å²) in [6.45, 7) is 3.66. The molecule has 6 rings (SSSR count). The van der Waals surface area contributed by atoms with Crippen LogP contribution in [0.15, 0.2) is 24.3 Å². The minimum atomic E-state index is 0.306. The quantitative estimate of drug-likeness (QED) is 0.868. The van der Waals surface area contributed by atoms with Gasteiger partial charge in [0, 0.05) is 24.5 Å². The Labute approximate surface area is 168 Å². The Hall–Kier alpha value is -1.59. The summed E-state index contributed by atoms with van der Waals surface area (Å²) in [5.74, 6) is 1.58. The Kier molecular flexibility index (Phi) is 4.84. The number of benzene rings is 1. The van der Waals surface area contributed by atoms with Gasteiger partial charge in [0.25, 0.3) is 0 Å². The van der Waals surface area contributed by atoms with Crippen LogP contribution in [-0.4, -0.2) is 77.1 Å².